The number of amides is 2. The molecule has 6 heteroatoms. The molecule has 0 radical (unpaired) electrons. The first-order valence-corrected chi connectivity index (χ1v) is 14.7. The molecule has 6 nitrogen and oxygen atoms in total. The number of para-hydroxylation sites is 1. The fraction of sp³-hybridized carbons (Fsp3) is 0.485. The Labute approximate surface area is 234 Å². The Morgan fingerprint density at radius 3 is 1.95 bits per heavy atom. The van der Waals surface area contributed by atoms with Crippen LogP contribution in [0.15, 0.2) is 54.6 Å². The SMILES string of the molecule is CCCCCCCCCCCCCNC(=O)C(=Cc1ccccc1NC(=O)CCCC(=O)O)c1ccccc1. The molecule has 212 valence electrons. The minimum absolute atomic E-state index is 0.0492. The molecule has 0 fully saturated rings. The number of rotatable bonds is 20. The molecule has 0 aromatic heterocycles. The molecule has 0 aliphatic heterocycles. The molecule has 3 N–H and O–H groups in total. The molecule has 0 atom stereocenters. The number of aliphatic carboxylic acids is 1. The second-order valence-electron chi connectivity index (χ2n) is 10.1. The third-order valence-corrected chi connectivity index (χ3v) is 6.72. The van der Waals surface area contributed by atoms with E-state index < -0.39 is 5.97 Å². The van der Waals surface area contributed by atoms with Crippen molar-refractivity contribution in [1.82, 2.24) is 5.32 Å². The number of anilines is 1. The van der Waals surface area contributed by atoms with Crippen LogP contribution in [-0.2, 0) is 14.4 Å². The van der Waals surface area contributed by atoms with Crippen molar-refractivity contribution >= 4 is 35.1 Å². The third-order valence-electron chi connectivity index (χ3n) is 6.72. The molecule has 2 amide bonds. The highest BCUT2D eigenvalue weighted by Gasteiger charge is 2.14. The maximum absolute atomic E-state index is 13.2. The van der Waals surface area contributed by atoms with Crippen LogP contribution in [0.4, 0.5) is 5.69 Å². The van der Waals surface area contributed by atoms with Crippen molar-refractivity contribution in [3.63, 3.8) is 0 Å². The number of carboxylic acid groups (broad SMARTS) is 1. The van der Waals surface area contributed by atoms with Crippen LogP contribution in [0.1, 0.15) is 108 Å². The molecule has 39 heavy (non-hydrogen) atoms. The summed E-state index contributed by atoms with van der Waals surface area (Å²) in [4.78, 5) is 36.4. The van der Waals surface area contributed by atoms with E-state index >= 15 is 0 Å². The smallest absolute Gasteiger partial charge is 0.303 e. The van der Waals surface area contributed by atoms with E-state index in [1.54, 1.807) is 12.1 Å². The van der Waals surface area contributed by atoms with Crippen LogP contribution in [0.25, 0.3) is 11.6 Å². The minimum atomic E-state index is -0.919. The molecule has 2 rings (SSSR count). The van der Waals surface area contributed by atoms with Crippen molar-refractivity contribution in [3.05, 3.63) is 65.7 Å². The lowest BCUT2D eigenvalue weighted by Crippen LogP contribution is -2.25. The Kier molecular flexibility index (Phi) is 16.0. The zero-order chi connectivity index (χ0) is 28.1. The molecule has 0 saturated carbocycles. The van der Waals surface area contributed by atoms with Crippen LogP contribution in [-0.4, -0.2) is 29.4 Å². The van der Waals surface area contributed by atoms with E-state index in [-0.39, 0.29) is 31.1 Å². The van der Waals surface area contributed by atoms with Gasteiger partial charge in [0.15, 0.2) is 0 Å². The summed E-state index contributed by atoms with van der Waals surface area (Å²) in [5, 5.41) is 14.8. The van der Waals surface area contributed by atoms with Gasteiger partial charge in [0.25, 0.3) is 5.91 Å². The van der Waals surface area contributed by atoms with E-state index in [0.29, 0.717) is 23.4 Å². The summed E-state index contributed by atoms with van der Waals surface area (Å²) in [5.41, 5.74) is 2.64. The summed E-state index contributed by atoms with van der Waals surface area (Å²) in [7, 11) is 0. The van der Waals surface area contributed by atoms with Gasteiger partial charge in [0.1, 0.15) is 0 Å². The quantitative estimate of drug-likeness (QED) is 0.0915. The van der Waals surface area contributed by atoms with Gasteiger partial charge in [0, 0.05) is 30.6 Å². The van der Waals surface area contributed by atoms with E-state index in [0.717, 1.165) is 18.4 Å². The molecule has 2 aromatic rings. The number of hydrogen-bond donors (Lipinski definition) is 3. The molecular formula is C33H46N2O4. The zero-order valence-electron chi connectivity index (χ0n) is 23.6. The predicted octanol–water partition coefficient (Wildman–Crippen LogP) is 7.85. The molecule has 0 bridgehead atoms. The lowest BCUT2D eigenvalue weighted by atomic mass is 10.0. The first-order chi connectivity index (χ1) is 19.0. The fourth-order valence-corrected chi connectivity index (χ4v) is 4.49. The Balaban J connectivity index is 1.91. The second kappa shape index (κ2) is 19.6. The second-order valence-corrected chi connectivity index (χ2v) is 10.1. The zero-order valence-corrected chi connectivity index (χ0v) is 23.6. The van der Waals surface area contributed by atoms with Gasteiger partial charge < -0.3 is 15.7 Å². The first kappa shape index (κ1) is 31.8. The number of benzene rings is 2. The van der Waals surface area contributed by atoms with E-state index in [4.69, 9.17) is 5.11 Å². The van der Waals surface area contributed by atoms with Crippen molar-refractivity contribution in [3.8, 4) is 0 Å². The highest BCUT2D eigenvalue weighted by Crippen LogP contribution is 2.24. The number of carboxylic acids is 1. The van der Waals surface area contributed by atoms with E-state index in [9.17, 15) is 14.4 Å². The van der Waals surface area contributed by atoms with Crippen LogP contribution < -0.4 is 10.6 Å². The normalized spacial score (nSPS) is 11.3. The van der Waals surface area contributed by atoms with Crippen LogP contribution in [0, 0.1) is 0 Å². The van der Waals surface area contributed by atoms with Gasteiger partial charge in [0.2, 0.25) is 5.91 Å². The molecule has 2 aromatic carbocycles. The number of nitrogens with one attached hydrogen (secondary N) is 2. The van der Waals surface area contributed by atoms with Crippen molar-refractivity contribution in [2.75, 3.05) is 11.9 Å². The van der Waals surface area contributed by atoms with Crippen molar-refractivity contribution in [1.29, 1.82) is 0 Å². The lowest BCUT2D eigenvalue weighted by Gasteiger charge is -2.12. The van der Waals surface area contributed by atoms with Gasteiger partial charge in [-0.25, -0.2) is 0 Å². The summed E-state index contributed by atoms with van der Waals surface area (Å²) < 4.78 is 0. The standard InChI is InChI=1S/C33H46N2O4/c1-2-3-4-5-6-7-8-9-10-11-17-25-34-33(39)29(27-19-13-12-14-20-27)26-28-21-15-16-22-30(28)35-31(36)23-18-24-32(37)38/h12-16,19-22,26H,2-11,17-18,23-25H2,1H3,(H,34,39)(H,35,36)(H,37,38). The highest BCUT2D eigenvalue weighted by atomic mass is 16.4. The summed E-state index contributed by atoms with van der Waals surface area (Å²) in [6.45, 7) is 2.88. The van der Waals surface area contributed by atoms with E-state index in [2.05, 4.69) is 17.6 Å². The van der Waals surface area contributed by atoms with Crippen molar-refractivity contribution in [2.45, 2.75) is 96.8 Å². The minimum Gasteiger partial charge on any atom is -0.481 e. The van der Waals surface area contributed by atoms with Gasteiger partial charge in [0.05, 0.1) is 0 Å². The Bertz CT molecular complexity index is 1030. The molecule has 0 aliphatic rings. The molecule has 0 spiro atoms. The predicted molar refractivity (Wildman–Crippen MR) is 160 cm³/mol. The largest absolute Gasteiger partial charge is 0.481 e. The van der Waals surface area contributed by atoms with E-state index in [1.807, 2.05) is 48.5 Å². The molecule has 0 heterocycles. The number of carbonyl (C=O) groups is 3. The number of unbranched alkanes of at least 4 members (excludes halogenated alkanes) is 10. The van der Waals surface area contributed by atoms with Gasteiger partial charge >= 0.3 is 5.97 Å². The molecular weight excluding hydrogens is 488 g/mol. The van der Waals surface area contributed by atoms with Gasteiger partial charge in [-0.1, -0.05) is 120 Å². The van der Waals surface area contributed by atoms with Crippen molar-refractivity contribution < 1.29 is 19.5 Å². The van der Waals surface area contributed by atoms with Crippen LogP contribution in [0.2, 0.25) is 0 Å². The third kappa shape index (κ3) is 13.8. The summed E-state index contributed by atoms with van der Waals surface area (Å²) in [6, 6.07) is 16.8. The maximum Gasteiger partial charge on any atom is 0.303 e. The van der Waals surface area contributed by atoms with Gasteiger partial charge in [-0.15, -0.1) is 0 Å². The van der Waals surface area contributed by atoms with Gasteiger partial charge in [-0.3, -0.25) is 14.4 Å². The topological polar surface area (TPSA) is 95.5 Å². The molecule has 0 aliphatic carbocycles. The van der Waals surface area contributed by atoms with E-state index in [1.165, 1.54) is 57.8 Å². The monoisotopic (exact) mass is 534 g/mol. The van der Waals surface area contributed by atoms with Crippen LogP contribution in [0.3, 0.4) is 0 Å². The highest BCUT2D eigenvalue weighted by molar-refractivity contribution is 6.24. The Hall–Kier alpha value is -3.41. The number of hydrogen-bond acceptors (Lipinski definition) is 3. The van der Waals surface area contributed by atoms with Gasteiger partial charge in [-0.2, -0.15) is 0 Å². The summed E-state index contributed by atoms with van der Waals surface area (Å²) >= 11 is 0. The Morgan fingerprint density at radius 2 is 1.31 bits per heavy atom. The van der Waals surface area contributed by atoms with Gasteiger partial charge in [-0.05, 0) is 36.1 Å². The van der Waals surface area contributed by atoms with Crippen LogP contribution in [0.5, 0.6) is 0 Å². The van der Waals surface area contributed by atoms with Crippen molar-refractivity contribution in [2.24, 2.45) is 0 Å². The first-order valence-electron chi connectivity index (χ1n) is 14.7. The fourth-order valence-electron chi connectivity index (χ4n) is 4.49. The maximum atomic E-state index is 13.2. The average Bonchev–Trinajstić information content (AvgIpc) is 2.93. The lowest BCUT2D eigenvalue weighted by molar-refractivity contribution is -0.137. The molecule has 0 unspecified atom stereocenters. The summed E-state index contributed by atoms with van der Waals surface area (Å²) in [6.07, 6.45) is 16.0. The Morgan fingerprint density at radius 1 is 0.718 bits per heavy atom. The average molecular weight is 535 g/mol. The molecule has 0 saturated heterocycles. The van der Waals surface area contributed by atoms with Crippen LogP contribution >= 0.6 is 0 Å². The number of carbonyl (C=O) groups excluding carboxylic acids is 2. The summed E-state index contributed by atoms with van der Waals surface area (Å²) in [5.74, 6) is -1.31.